The van der Waals surface area contributed by atoms with E-state index in [-0.39, 0.29) is 0 Å². The molecule has 51 heavy (non-hydrogen) atoms. The first-order chi connectivity index (χ1) is 25.3. The van der Waals surface area contributed by atoms with Crippen molar-refractivity contribution >= 4 is 53.1 Å². The van der Waals surface area contributed by atoms with E-state index in [2.05, 4.69) is 170 Å². The minimum atomic E-state index is 0.649. The highest BCUT2D eigenvalue weighted by Gasteiger charge is 2.18. The number of benzene rings is 8. The van der Waals surface area contributed by atoms with Crippen LogP contribution < -0.4 is 0 Å². The Bertz CT molecular complexity index is 2910. The summed E-state index contributed by atoms with van der Waals surface area (Å²) in [5.74, 6) is 1.96. The Hall–Kier alpha value is -6.49. The maximum Gasteiger partial charge on any atom is 0.164 e. The van der Waals surface area contributed by atoms with E-state index in [4.69, 9.17) is 15.0 Å². The Morgan fingerprint density at radius 3 is 1.71 bits per heavy atom. The zero-order valence-corrected chi connectivity index (χ0v) is 28.3. The molecule has 2 aromatic heterocycles. The van der Waals surface area contributed by atoms with Crippen LogP contribution in [-0.2, 0) is 0 Å². The zero-order chi connectivity index (χ0) is 33.7. The summed E-state index contributed by atoms with van der Waals surface area (Å²) in [4.78, 5) is 15.5. The molecule has 0 spiro atoms. The minimum Gasteiger partial charge on any atom is -0.208 e. The number of thiophene rings is 1. The second kappa shape index (κ2) is 12.1. The highest BCUT2D eigenvalue weighted by Crippen LogP contribution is 2.43. The summed E-state index contributed by atoms with van der Waals surface area (Å²) in [5.41, 5.74) is 7.65. The standard InChI is InChI=1S/C47H29N3S/c1-3-13-30(14-4-1)33-19-11-20-34(27-33)45-48-46(50-47(49-45)40-24-12-18-31-17-7-8-21-36(31)40)35-25-26-38-42-29-41(32-15-5-2-6-16-32)37-22-9-10-23-39(37)44(42)51-43(38)28-35/h1-29H. The summed E-state index contributed by atoms with van der Waals surface area (Å²) in [6.07, 6.45) is 0. The third-order valence-electron chi connectivity index (χ3n) is 9.72. The van der Waals surface area contributed by atoms with Gasteiger partial charge < -0.3 is 0 Å². The van der Waals surface area contributed by atoms with E-state index >= 15 is 0 Å². The highest BCUT2D eigenvalue weighted by molar-refractivity contribution is 7.26. The van der Waals surface area contributed by atoms with Crippen molar-refractivity contribution in [3.05, 3.63) is 176 Å². The van der Waals surface area contributed by atoms with Crippen LogP contribution in [0.1, 0.15) is 0 Å². The molecule has 0 aliphatic carbocycles. The fraction of sp³-hybridized carbons (Fsp3) is 0. The molecule has 0 aliphatic heterocycles. The first-order valence-electron chi connectivity index (χ1n) is 17.1. The van der Waals surface area contributed by atoms with Gasteiger partial charge in [0.05, 0.1) is 0 Å². The van der Waals surface area contributed by atoms with Crippen molar-refractivity contribution in [1.29, 1.82) is 0 Å². The van der Waals surface area contributed by atoms with Crippen LogP contribution in [-0.4, -0.2) is 15.0 Å². The largest absolute Gasteiger partial charge is 0.208 e. The van der Waals surface area contributed by atoms with Crippen LogP contribution in [0.4, 0.5) is 0 Å². The van der Waals surface area contributed by atoms with Crippen molar-refractivity contribution in [1.82, 2.24) is 15.0 Å². The average molecular weight is 668 g/mol. The van der Waals surface area contributed by atoms with Gasteiger partial charge in [0.15, 0.2) is 17.5 Å². The predicted octanol–water partition coefficient (Wildman–Crippen LogP) is 12.9. The highest BCUT2D eigenvalue weighted by atomic mass is 32.1. The molecule has 8 aromatic carbocycles. The summed E-state index contributed by atoms with van der Waals surface area (Å²) < 4.78 is 2.50. The third-order valence-corrected chi connectivity index (χ3v) is 10.9. The van der Waals surface area contributed by atoms with Crippen molar-refractivity contribution in [2.24, 2.45) is 0 Å². The number of hydrogen-bond acceptors (Lipinski definition) is 4. The Morgan fingerprint density at radius 2 is 0.902 bits per heavy atom. The van der Waals surface area contributed by atoms with E-state index in [1.807, 2.05) is 17.4 Å². The molecule has 10 aromatic rings. The summed E-state index contributed by atoms with van der Waals surface area (Å²) in [5, 5.41) is 7.31. The van der Waals surface area contributed by atoms with Crippen molar-refractivity contribution < 1.29 is 0 Å². The Kier molecular flexibility index (Phi) is 7.00. The molecule has 0 fully saturated rings. The lowest BCUT2D eigenvalue weighted by Gasteiger charge is -2.11. The van der Waals surface area contributed by atoms with Crippen LogP contribution in [0.3, 0.4) is 0 Å². The molecule has 0 atom stereocenters. The second-order valence-electron chi connectivity index (χ2n) is 12.8. The number of aromatic nitrogens is 3. The topological polar surface area (TPSA) is 38.7 Å². The van der Waals surface area contributed by atoms with Gasteiger partial charge in [0, 0.05) is 42.2 Å². The molecule has 0 aliphatic rings. The van der Waals surface area contributed by atoms with Gasteiger partial charge in [0.2, 0.25) is 0 Å². The lowest BCUT2D eigenvalue weighted by Crippen LogP contribution is -2.00. The quantitative estimate of drug-likeness (QED) is 0.183. The van der Waals surface area contributed by atoms with Crippen LogP contribution in [0.25, 0.3) is 98.1 Å². The Morgan fingerprint density at radius 1 is 0.314 bits per heavy atom. The molecule has 0 bridgehead atoms. The van der Waals surface area contributed by atoms with Crippen LogP contribution in [0.2, 0.25) is 0 Å². The van der Waals surface area contributed by atoms with E-state index in [0.29, 0.717) is 17.5 Å². The number of rotatable bonds is 5. The van der Waals surface area contributed by atoms with Gasteiger partial charge in [-0.15, -0.1) is 11.3 Å². The SMILES string of the molecule is c1ccc(-c2cccc(-c3nc(-c4ccc5c(c4)sc4c6ccccc6c(-c6ccccc6)cc54)nc(-c4cccc5ccccc45)n3)c2)cc1. The molecule has 0 radical (unpaired) electrons. The van der Waals surface area contributed by atoms with Crippen LogP contribution in [0, 0.1) is 0 Å². The molecule has 0 N–H and O–H groups in total. The number of hydrogen-bond donors (Lipinski definition) is 0. The average Bonchev–Trinajstić information content (AvgIpc) is 3.59. The summed E-state index contributed by atoms with van der Waals surface area (Å²) in [7, 11) is 0. The Balaban J connectivity index is 1.18. The molecule has 238 valence electrons. The maximum absolute atomic E-state index is 5.18. The molecular formula is C47H29N3S. The fourth-order valence-corrected chi connectivity index (χ4v) is 8.50. The van der Waals surface area contributed by atoms with Crippen LogP contribution >= 0.6 is 11.3 Å². The first-order valence-corrected chi connectivity index (χ1v) is 17.9. The molecule has 10 rings (SSSR count). The molecule has 0 saturated heterocycles. The number of nitrogens with zero attached hydrogens (tertiary/aromatic N) is 3. The fourth-order valence-electron chi connectivity index (χ4n) is 7.24. The van der Waals surface area contributed by atoms with Gasteiger partial charge in [-0.05, 0) is 56.6 Å². The van der Waals surface area contributed by atoms with Gasteiger partial charge in [-0.3, -0.25) is 0 Å². The lowest BCUT2D eigenvalue weighted by atomic mass is 9.95. The zero-order valence-electron chi connectivity index (χ0n) is 27.5. The normalized spacial score (nSPS) is 11.5. The smallest absolute Gasteiger partial charge is 0.164 e. The molecule has 3 nitrogen and oxygen atoms in total. The van der Waals surface area contributed by atoms with Gasteiger partial charge in [0.25, 0.3) is 0 Å². The van der Waals surface area contributed by atoms with Crippen molar-refractivity contribution in [2.45, 2.75) is 0 Å². The third kappa shape index (κ3) is 5.16. The van der Waals surface area contributed by atoms with Gasteiger partial charge >= 0.3 is 0 Å². The monoisotopic (exact) mass is 667 g/mol. The summed E-state index contributed by atoms with van der Waals surface area (Å²) >= 11 is 1.84. The second-order valence-corrected chi connectivity index (χ2v) is 13.9. The first kappa shape index (κ1) is 29.4. The molecule has 0 amide bonds. The van der Waals surface area contributed by atoms with E-state index in [1.54, 1.807) is 0 Å². The van der Waals surface area contributed by atoms with Crippen molar-refractivity contribution in [3.63, 3.8) is 0 Å². The van der Waals surface area contributed by atoms with Gasteiger partial charge in [-0.1, -0.05) is 158 Å². The predicted molar refractivity (Wildman–Crippen MR) is 215 cm³/mol. The molecule has 2 heterocycles. The van der Waals surface area contributed by atoms with E-state index in [0.717, 1.165) is 38.6 Å². The Labute approximate surface area is 299 Å². The lowest BCUT2D eigenvalue weighted by molar-refractivity contribution is 1.08. The molecule has 0 unspecified atom stereocenters. The summed E-state index contributed by atoms with van der Waals surface area (Å²) in [6.45, 7) is 0. The maximum atomic E-state index is 5.18. The molecule has 0 saturated carbocycles. The summed E-state index contributed by atoms with van der Waals surface area (Å²) in [6, 6.07) is 62.1. The minimum absolute atomic E-state index is 0.649. The number of fused-ring (bicyclic) bond motifs is 6. The van der Waals surface area contributed by atoms with Crippen LogP contribution in [0.5, 0.6) is 0 Å². The van der Waals surface area contributed by atoms with Gasteiger partial charge in [-0.25, -0.2) is 15.0 Å². The van der Waals surface area contributed by atoms with Gasteiger partial charge in [-0.2, -0.15) is 0 Å². The van der Waals surface area contributed by atoms with Gasteiger partial charge in [0.1, 0.15) is 0 Å². The van der Waals surface area contributed by atoms with E-state index < -0.39 is 0 Å². The molecule has 4 heteroatoms. The van der Waals surface area contributed by atoms with E-state index in [9.17, 15) is 0 Å². The van der Waals surface area contributed by atoms with Crippen molar-refractivity contribution in [3.8, 4) is 56.4 Å². The van der Waals surface area contributed by atoms with Crippen molar-refractivity contribution in [2.75, 3.05) is 0 Å². The van der Waals surface area contributed by atoms with E-state index in [1.165, 1.54) is 42.1 Å². The molecular weight excluding hydrogens is 639 g/mol. The van der Waals surface area contributed by atoms with Crippen LogP contribution in [0.15, 0.2) is 176 Å².